The number of hydrogen-bond acceptors (Lipinski definition) is 3. The van der Waals surface area contributed by atoms with Crippen molar-refractivity contribution in [2.45, 2.75) is 13.0 Å². The number of hydrogen-bond donors (Lipinski definition) is 1. The van der Waals surface area contributed by atoms with E-state index in [0.29, 0.717) is 15.6 Å². The van der Waals surface area contributed by atoms with Crippen LogP contribution in [0.1, 0.15) is 17.2 Å². The minimum Gasteiger partial charge on any atom is -0.467 e. The molecule has 0 aliphatic carbocycles. The van der Waals surface area contributed by atoms with Gasteiger partial charge >= 0.3 is 5.97 Å². The number of carbonyl (C=O) groups is 1. The van der Waals surface area contributed by atoms with Crippen LogP contribution < -0.4 is 5.32 Å². The number of nitrogens with one attached hydrogen (secondary N) is 1. The topological polar surface area (TPSA) is 38.3 Å². The highest BCUT2D eigenvalue weighted by Gasteiger charge is 2.26. The summed E-state index contributed by atoms with van der Waals surface area (Å²) in [7, 11) is 1.33. The van der Waals surface area contributed by atoms with E-state index in [4.69, 9.17) is 27.9 Å². The Morgan fingerprint density at radius 3 is 2.29 bits per heavy atom. The summed E-state index contributed by atoms with van der Waals surface area (Å²) in [5.74, 6) is -0.451. The molecule has 21 heavy (non-hydrogen) atoms. The average molecular weight is 324 g/mol. The van der Waals surface area contributed by atoms with E-state index in [9.17, 15) is 4.79 Å². The third-order valence-corrected chi connectivity index (χ3v) is 3.83. The molecule has 0 aromatic heterocycles. The Morgan fingerprint density at radius 1 is 1.10 bits per heavy atom. The summed E-state index contributed by atoms with van der Waals surface area (Å²) in [6.45, 7) is 1.95. The zero-order chi connectivity index (χ0) is 15.4. The Hall–Kier alpha value is -1.71. The lowest BCUT2D eigenvalue weighted by Crippen LogP contribution is -2.23. The van der Waals surface area contributed by atoms with Crippen LogP contribution in [0.25, 0.3) is 0 Å². The second kappa shape index (κ2) is 6.83. The maximum Gasteiger partial charge on any atom is 0.333 e. The van der Waals surface area contributed by atoms with E-state index in [1.807, 2.05) is 31.2 Å². The van der Waals surface area contributed by atoms with E-state index in [-0.39, 0.29) is 0 Å². The molecule has 2 aromatic carbocycles. The zero-order valence-electron chi connectivity index (χ0n) is 11.7. The van der Waals surface area contributed by atoms with Crippen molar-refractivity contribution < 1.29 is 9.53 Å². The lowest BCUT2D eigenvalue weighted by molar-refractivity contribution is -0.141. The zero-order valence-corrected chi connectivity index (χ0v) is 13.2. The average Bonchev–Trinajstić information content (AvgIpc) is 2.47. The fourth-order valence-corrected chi connectivity index (χ4v) is 2.66. The van der Waals surface area contributed by atoms with Gasteiger partial charge in [-0.3, -0.25) is 0 Å². The minimum absolute atomic E-state index is 0.416. The Balaban J connectivity index is 2.45. The summed E-state index contributed by atoms with van der Waals surface area (Å²) >= 11 is 12.4. The molecule has 0 aliphatic rings. The standard InChI is InChI=1S/C16H15Cl2NO2/c1-10-6-3-4-9-13(10)19-15(16(20)21-2)14-11(17)7-5-8-12(14)18/h3-9,15,19H,1-2H3. The molecule has 0 amide bonds. The van der Waals surface area contributed by atoms with Crippen molar-refractivity contribution in [3.05, 3.63) is 63.6 Å². The van der Waals surface area contributed by atoms with E-state index >= 15 is 0 Å². The van der Waals surface area contributed by atoms with Gasteiger partial charge in [0.1, 0.15) is 0 Å². The van der Waals surface area contributed by atoms with Crippen LogP contribution in [0.15, 0.2) is 42.5 Å². The number of aryl methyl sites for hydroxylation is 1. The first-order valence-electron chi connectivity index (χ1n) is 6.38. The summed E-state index contributed by atoms with van der Waals surface area (Å²) in [5.41, 5.74) is 2.34. The molecule has 0 radical (unpaired) electrons. The molecule has 2 aromatic rings. The number of ether oxygens (including phenoxy) is 1. The van der Waals surface area contributed by atoms with Gasteiger partial charge in [-0.2, -0.15) is 0 Å². The smallest absolute Gasteiger partial charge is 0.333 e. The first-order valence-corrected chi connectivity index (χ1v) is 7.14. The van der Waals surface area contributed by atoms with Gasteiger partial charge in [0, 0.05) is 21.3 Å². The molecule has 5 heteroatoms. The molecule has 0 heterocycles. The van der Waals surface area contributed by atoms with E-state index < -0.39 is 12.0 Å². The number of rotatable bonds is 4. The van der Waals surface area contributed by atoms with Crippen LogP contribution in [0.3, 0.4) is 0 Å². The molecule has 0 saturated heterocycles. The molecular weight excluding hydrogens is 309 g/mol. The van der Waals surface area contributed by atoms with Crippen LogP contribution in [0.2, 0.25) is 10.0 Å². The predicted octanol–water partition coefficient (Wildman–Crippen LogP) is 4.63. The minimum atomic E-state index is -0.766. The Labute approximate surface area is 133 Å². The highest BCUT2D eigenvalue weighted by molar-refractivity contribution is 6.36. The van der Waals surface area contributed by atoms with Crippen molar-refractivity contribution in [1.82, 2.24) is 0 Å². The first-order chi connectivity index (χ1) is 10.0. The summed E-state index contributed by atoms with van der Waals surface area (Å²) in [6.07, 6.45) is 0. The number of anilines is 1. The lowest BCUT2D eigenvalue weighted by Gasteiger charge is -2.21. The molecule has 0 aliphatic heterocycles. The molecule has 1 N–H and O–H groups in total. The van der Waals surface area contributed by atoms with Gasteiger partial charge in [0.25, 0.3) is 0 Å². The number of para-hydroxylation sites is 1. The Morgan fingerprint density at radius 2 is 1.71 bits per heavy atom. The Bertz CT molecular complexity index is 638. The fraction of sp³-hybridized carbons (Fsp3) is 0.188. The summed E-state index contributed by atoms with van der Waals surface area (Å²) in [4.78, 5) is 12.1. The SMILES string of the molecule is COC(=O)C(Nc1ccccc1C)c1c(Cl)cccc1Cl. The first kappa shape index (κ1) is 15.7. The summed E-state index contributed by atoms with van der Waals surface area (Å²) in [6, 6.07) is 12.0. The van der Waals surface area contributed by atoms with Gasteiger partial charge in [-0.1, -0.05) is 47.5 Å². The molecular formula is C16H15Cl2NO2. The molecule has 0 spiro atoms. The lowest BCUT2D eigenvalue weighted by atomic mass is 10.1. The van der Waals surface area contributed by atoms with Crippen molar-refractivity contribution in [3.63, 3.8) is 0 Å². The highest BCUT2D eigenvalue weighted by atomic mass is 35.5. The summed E-state index contributed by atoms with van der Waals surface area (Å²) < 4.78 is 4.87. The number of esters is 1. The Kier molecular flexibility index (Phi) is 5.10. The number of benzene rings is 2. The molecule has 1 unspecified atom stereocenters. The second-order valence-corrected chi connectivity index (χ2v) is 5.37. The molecule has 110 valence electrons. The highest BCUT2D eigenvalue weighted by Crippen LogP contribution is 2.33. The van der Waals surface area contributed by atoms with E-state index in [1.54, 1.807) is 18.2 Å². The van der Waals surface area contributed by atoms with Gasteiger partial charge in [-0.05, 0) is 30.7 Å². The van der Waals surface area contributed by atoms with Crippen LogP contribution in [0.5, 0.6) is 0 Å². The van der Waals surface area contributed by atoms with Crippen LogP contribution in [0.4, 0.5) is 5.69 Å². The van der Waals surface area contributed by atoms with Crippen LogP contribution in [-0.4, -0.2) is 13.1 Å². The molecule has 3 nitrogen and oxygen atoms in total. The van der Waals surface area contributed by atoms with Crippen molar-refractivity contribution >= 4 is 34.9 Å². The maximum absolute atomic E-state index is 12.1. The third-order valence-electron chi connectivity index (χ3n) is 3.17. The van der Waals surface area contributed by atoms with Crippen LogP contribution in [-0.2, 0) is 9.53 Å². The molecule has 0 bridgehead atoms. The van der Waals surface area contributed by atoms with Gasteiger partial charge in [0.15, 0.2) is 6.04 Å². The molecule has 0 saturated carbocycles. The van der Waals surface area contributed by atoms with Crippen molar-refractivity contribution in [2.75, 3.05) is 12.4 Å². The van der Waals surface area contributed by atoms with Gasteiger partial charge in [-0.15, -0.1) is 0 Å². The van der Waals surface area contributed by atoms with Crippen molar-refractivity contribution in [2.24, 2.45) is 0 Å². The number of halogens is 2. The molecule has 2 rings (SSSR count). The predicted molar refractivity (Wildman–Crippen MR) is 86.0 cm³/mol. The third kappa shape index (κ3) is 3.49. The van der Waals surface area contributed by atoms with Gasteiger partial charge in [0.2, 0.25) is 0 Å². The maximum atomic E-state index is 12.1. The van der Waals surface area contributed by atoms with E-state index in [1.165, 1.54) is 7.11 Å². The largest absolute Gasteiger partial charge is 0.467 e. The number of carbonyl (C=O) groups excluding carboxylic acids is 1. The quantitative estimate of drug-likeness (QED) is 0.834. The van der Waals surface area contributed by atoms with Crippen LogP contribution in [0, 0.1) is 6.92 Å². The monoisotopic (exact) mass is 323 g/mol. The summed E-state index contributed by atoms with van der Waals surface area (Å²) in [5, 5.41) is 3.98. The van der Waals surface area contributed by atoms with Crippen LogP contribution >= 0.6 is 23.2 Å². The van der Waals surface area contributed by atoms with Gasteiger partial charge in [0.05, 0.1) is 7.11 Å². The normalized spacial score (nSPS) is 11.8. The molecule has 0 fully saturated rings. The number of methoxy groups -OCH3 is 1. The molecule has 1 atom stereocenters. The van der Waals surface area contributed by atoms with Crippen molar-refractivity contribution in [1.29, 1.82) is 0 Å². The van der Waals surface area contributed by atoms with Crippen molar-refractivity contribution in [3.8, 4) is 0 Å². The second-order valence-electron chi connectivity index (χ2n) is 4.55. The van der Waals surface area contributed by atoms with Gasteiger partial charge in [-0.25, -0.2) is 4.79 Å². The van der Waals surface area contributed by atoms with E-state index in [0.717, 1.165) is 11.3 Å². The van der Waals surface area contributed by atoms with Gasteiger partial charge < -0.3 is 10.1 Å². The fourth-order valence-electron chi connectivity index (χ4n) is 2.04. The van der Waals surface area contributed by atoms with E-state index in [2.05, 4.69) is 5.32 Å².